The summed E-state index contributed by atoms with van der Waals surface area (Å²) in [6.07, 6.45) is 0. The Bertz CT molecular complexity index is 1320. The van der Waals surface area contributed by atoms with E-state index < -0.39 is 10.8 Å². The molecule has 0 amide bonds. The van der Waals surface area contributed by atoms with Crippen LogP contribution in [0.2, 0.25) is 0 Å². The van der Waals surface area contributed by atoms with E-state index in [-0.39, 0.29) is 17.2 Å². The number of nitro groups is 1. The lowest BCUT2D eigenvalue weighted by Crippen LogP contribution is -2.17. The van der Waals surface area contributed by atoms with Crippen LogP contribution in [0.3, 0.4) is 0 Å². The van der Waals surface area contributed by atoms with Gasteiger partial charge in [-0.15, -0.1) is 5.10 Å². The number of benzene rings is 3. The molecule has 1 aromatic heterocycles. The van der Waals surface area contributed by atoms with Crippen molar-refractivity contribution in [1.82, 2.24) is 14.8 Å². The van der Waals surface area contributed by atoms with Gasteiger partial charge in [0, 0.05) is 29.8 Å². The first-order chi connectivity index (χ1) is 16.5. The highest BCUT2D eigenvalue weighted by Gasteiger charge is 2.20. The van der Waals surface area contributed by atoms with Crippen LogP contribution >= 0.6 is 0 Å². The summed E-state index contributed by atoms with van der Waals surface area (Å²) in [6, 6.07) is 20.0. The van der Waals surface area contributed by atoms with Gasteiger partial charge in [-0.25, -0.2) is 0 Å². The van der Waals surface area contributed by atoms with E-state index in [2.05, 4.69) is 15.4 Å². The molecule has 0 radical (unpaired) electrons. The first-order valence-electron chi connectivity index (χ1n) is 10.3. The SMILES string of the molecule is COc1ccc(CNc2nc(-c3ccc(OC)cc3)nn2C(=O)c2cccc([N+](=O)[O-])c2)cc1. The summed E-state index contributed by atoms with van der Waals surface area (Å²) in [4.78, 5) is 28.4. The van der Waals surface area contributed by atoms with Gasteiger partial charge in [0.15, 0.2) is 5.82 Å². The Morgan fingerprint density at radius 1 is 1.00 bits per heavy atom. The fourth-order valence-corrected chi connectivity index (χ4v) is 3.23. The van der Waals surface area contributed by atoms with Crippen molar-refractivity contribution in [3.05, 3.63) is 94.0 Å². The predicted octanol–water partition coefficient (Wildman–Crippen LogP) is 4.17. The molecule has 172 valence electrons. The molecule has 0 fully saturated rings. The molecule has 0 aliphatic heterocycles. The number of rotatable bonds is 8. The van der Waals surface area contributed by atoms with Gasteiger partial charge in [0.05, 0.1) is 19.1 Å². The quantitative estimate of drug-likeness (QED) is 0.308. The highest BCUT2D eigenvalue weighted by atomic mass is 16.6. The highest BCUT2D eigenvalue weighted by Crippen LogP contribution is 2.23. The summed E-state index contributed by atoms with van der Waals surface area (Å²) < 4.78 is 11.5. The van der Waals surface area contributed by atoms with Gasteiger partial charge in [0.1, 0.15) is 11.5 Å². The lowest BCUT2D eigenvalue weighted by molar-refractivity contribution is -0.384. The zero-order valence-electron chi connectivity index (χ0n) is 18.5. The number of nitro benzene ring substituents is 1. The molecular formula is C24H21N5O5. The normalized spacial score (nSPS) is 10.5. The van der Waals surface area contributed by atoms with Gasteiger partial charge in [-0.3, -0.25) is 14.9 Å². The van der Waals surface area contributed by atoms with Crippen LogP contribution in [0.4, 0.5) is 11.6 Å². The molecule has 34 heavy (non-hydrogen) atoms. The predicted molar refractivity (Wildman–Crippen MR) is 125 cm³/mol. The highest BCUT2D eigenvalue weighted by molar-refractivity contribution is 5.97. The number of carbonyl (C=O) groups is 1. The van der Waals surface area contributed by atoms with Gasteiger partial charge in [-0.1, -0.05) is 18.2 Å². The summed E-state index contributed by atoms with van der Waals surface area (Å²) in [5, 5.41) is 18.7. The lowest BCUT2D eigenvalue weighted by Gasteiger charge is -2.08. The van der Waals surface area contributed by atoms with E-state index in [1.165, 1.54) is 24.3 Å². The van der Waals surface area contributed by atoms with Gasteiger partial charge >= 0.3 is 0 Å². The molecule has 0 atom stereocenters. The van der Waals surface area contributed by atoms with E-state index in [1.54, 1.807) is 38.5 Å². The summed E-state index contributed by atoms with van der Waals surface area (Å²) >= 11 is 0. The smallest absolute Gasteiger partial charge is 0.281 e. The van der Waals surface area contributed by atoms with Crippen LogP contribution < -0.4 is 14.8 Å². The number of ether oxygens (including phenoxy) is 2. The monoisotopic (exact) mass is 459 g/mol. The molecule has 0 aliphatic carbocycles. The number of methoxy groups -OCH3 is 2. The van der Waals surface area contributed by atoms with Crippen LogP contribution in [-0.2, 0) is 6.54 Å². The largest absolute Gasteiger partial charge is 0.497 e. The van der Waals surface area contributed by atoms with Crippen molar-refractivity contribution in [2.75, 3.05) is 19.5 Å². The van der Waals surface area contributed by atoms with E-state index in [9.17, 15) is 14.9 Å². The number of nitrogens with zero attached hydrogens (tertiary/aromatic N) is 4. The molecule has 3 aromatic carbocycles. The molecule has 0 unspecified atom stereocenters. The Morgan fingerprint density at radius 3 is 2.26 bits per heavy atom. The minimum Gasteiger partial charge on any atom is -0.497 e. The molecule has 4 aromatic rings. The third-order valence-corrected chi connectivity index (χ3v) is 5.06. The van der Waals surface area contributed by atoms with Crippen molar-refractivity contribution in [3.63, 3.8) is 0 Å². The minimum absolute atomic E-state index is 0.118. The Hall–Kier alpha value is -4.73. The first kappa shape index (κ1) is 22.5. The van der Waals surface area contributed by atoms with Crippen molar-refractivity contribution >= 4 is 17.5 Å². The second kappa shape index (κ2) is 9.82. The molecule has 0 saturated heterocycles. The van der Waals surface area contributed by atoms with Gasteiger partial charge < -0.3 is 14.8 Å². The average molecular weight is 459 g/mol. The summed E-state index contributed by atoms with van der Waals surface area (Å²) in [5.74, 6) is 1.38. The van der Waals surface area contributed by atoms with Crippen LogP contribution in [0.1, 0.15) is 15.9 Å². The van der Waals surface area contributed by atoms with Crippen LogP contribution in [0, 0.1) is 10.1 Å². The lowest BCUT2D eigenvalue weighted by atomic mass is 10.2. The number of nitrogens with one attached hydrogen (secondary N) is 1. The Morgan fingerprint density at radius 2 is 1.65 bits per heavy atom. The van der Waals surface area contributed by atoms with Crippen molar-refractivity contribution in [2.24, 2.45) is 0 Å². The standard InChI is InChI=1S/C24H21N5O5/c1-33-20-10-6-16(7-11-20)15-25-24-26-22(17-8-12-21(34-2)13-9-17)27-28(24)23(30)18-4-3-5-19(14-18)29(31)32/h3-14H,15H2,1-2H3,(H,25,26,27). The van der Waals surface area contributed by atoms with Crippen LogP contribution in [0.25, 0.3) is 11.4 Å². The van der Waals surface area contributed by atoms with Crippen LogP contribution in [0.15, 0.2) is 72.8 Å². The van der Waals surface area contributed by atoms with Gasteiger partial charge in [-0.2, -0.15) is 9.67 Å². The van der Waals surface area contributed by atoms with Crippen molar-refractivity contribution in [1.29, 1.82) is 0 Å². The van der Waals surface area contributed by atoms with Crippen molar-refractivity contribution in [3.8, 4) is 22.9 Å². The maximum Gasteiger partial charge on any atom is 0.281 e. The third kappa shape index (κ3) is 4.85. The molecular weight excluding hydrogens is 438 g/mol. The van der Waals surface area contributed by atoms with Crippen molar-refractivity contribution in [2.45, 2.75) is 6.54 Å². The molecule has 1 heterocycles. The maximum atomic E-state index is 13.2. The van der Waals surface area contributed by atoms with E-state index in [0.717, 1.165) is 16.0 Å². The van der Waals surface area contributed by atoms with Gasteiger partial charge in [-0.05, 0) is 48.0 Å². The molecule has 1 N–H and O–H groups in total. The fraction of sp³-hybridized carbons (Fsp3) is 0.125. The zero-order valence-corrected chi connectivity index (χ0v) is 18.5. The fourth-order valence-electron chi connectivity index (χ4n) is 3.23. The number of non-ortho nitro benzene ring substituents is 1. The van der Waals surface area contributed by atoms with E-state index in [1.807, 2.05) is 24.3 Å². The first-order valence-corrected chi connectivity index (χ1v) is 10.3. The number of hydrogen-bond acceptors (Lipinski definition) is 8. The summed E-state index contributed by atoms with van der Waals surface area (Å²) in [7, 11) is 3.16. The molecule has 10 nitrogen and oxygen atoms in total. The van der Waals surface area contributed by atoms with E-state index in [4.69, 9.17) is 9.47 Å². The Labute approximate surface area is 194 Å². The summed E-state index contributed by atoms with van der Waals surface area (Å²) in [5.41, 5.74) is 1.55. The maximum absolute atomic E-state index is 13.2. The Balaban J connectivity index is 1.68. The van der Waals surface area contributed by atoms with Gasteiger partial charge in [0.25, 0.3) is 11.6 Å². The minimum atomic E-state index is -0.552. The second-order valence-electron chi connectivity index (χ2n) is 7.21. The number of aromatic nitrogens is 3. The Kier molecular flexibility index (Phi) is 6.49. The van der Waals surface area contributed by atoms with Gasteiger partial charge in [0.2, 0.25) is 5.95 Å². The molecule has 0 saturated carbocycles. The van der Waals surface area contributed by atoms with E-state index >= 15 is 0 Å². The number of anilines is 1. The topological polar surface area (TPSA) is 121 Å². The molecule has 4 rings (SSSR count). The van der Waals surface area contributed by atoms with Crippen molar-refractivity contribution < 1.29 is 19.2 Å². The molecule has 0 bridgehead atoms. The second-order valence-corrected chi connectivity index (χ2v) is 7.21. The summed E-state index contributed by atoms with van der Waals surface area (Å²) in [6.45, 7) is 0.368. The molecule has 10 heteroatoms. The number of hydrogen-bond donors (Lipinski definition) is 1. The molecule has 0 spiro atoms. The third-order valence-electron chi connectivity index (χ3n) is 5.06. The zero-order chi connectivity index (χ0) is 24.1. The molecule has 0 aliphatic rings. The van der Waals surface area contributed by atoms with Crippen LogP contribution in [0.5, 0.6) is 11.5 Å². The number of carbonyl (C=O) groups excluding carboxylic acids is 1. The average Bonchev–Trinajstić information content (AvgIpc) is 3.31. The van der Waals surface area contributed by atoms with E-state index in [0.29, 0.717) is 23.7 Å². The van der Waals surface area contributed by atoms with Crippen LogP contribution in [-0.4, -0.2) is 39.8 Å².